The maximum absolute atomic E-state index is 15.6. The highest BCUT2D eigenvalue weighted by molar-refractivity contribution is 14.1. The lowest BCUT2D eigenvalue weighted by molar-refractivity contribution is -0.135. The van der Waals surface area contributed by atoms with Crippen molar-refractivity contribution in [1.29, 1.82) is 0 Å². The van der Waals surface area contributed by atoms with Gasteiger partial charge in [0, 0.05) is 53.3 Å². The second-order valence-corrected chi connectivity index (χ2v) is 19.8. The molecule has 252 valence electrons. The predicted molar refractivity (Wildman–Crippen MR) is 189 cm³/mol. The van der Waals surface area contributed by atoms with Gasteiger partial charge >= 0.3 is 6.09 Å². The van der Waals surface area contributed by atoms with Gasteiger partial charge in [0.05, 0.1) is 12.0 Å². The molecule has 3 atom stereocenters. The molecule has 0 radical (unpaired) electrons. The molecule has 2 aliphatic heterocycles. The number of likely N-dealkylation sites (tertiary alicyclic amines) is 2. The third-order valence-electron chi connectivity index (χ3n) is 8.19. The summed E-state index contributed by atoms with van der Waals surface area (Å²) in [6.45, 7) is 7.73. The Kier molecular flexibility index (Phi) is 10.5. The van der Waals surface area contributed by atoms with Crippen LogP contribution in [-0.2, 0) is 27.4 Å². The van der Waals surface area contributed by atoms with E-state index >= 15 is 4.39 Å². The normalized spacial score (nSPS) is 19.5. The van der Waals surface area contributed by atoms with E-state index in [1.165, 1.54) is 6.07 Å². The predicted octanol–water partition coefficient (Wildman–Crippen LogP) is 5.59. The fourth-order valence-corrected chi connectivity index (χ4v) is 7.35. The van der Waals surface area contributed by atoms with Crippen molar-refractivity contribution in [3.8, 4) is 11.5 Å². The Labute approximate surface area is 285 Å². The van der Waals surface area contributed by atoms with Gasteiger partial charge in [-0.1, -0.05) is 6.07 Å². The number of rotatable bonds is 11. The first-order valence-corrected chi connectivity index (χ1v) is 19.5. The van der Waals surface area contributed by atoms with Crippen molar-refractivity contribution < 1.29 is 28.2 Å². The number of alkyl carbamates (subject to hydrolysis) is 1. The number of carbonyl (C=O) groups excluding carboxylic acids is 2. The third kappa shape index (κ3) is 8.45. The number of carbonyl (C=O) groups is 2. The maximum atomic E-state index is 15.6. The standard InChI is InChI=1S/C33H45FIN5O5S/c1-33(2,3)45-32(42)37-26(31(41)40-18-22-16-23(40)17-38(22)4)15-21-8-9-27(24(34)14-21)44-28-10-11-36-30-29(28)25(35)19-39(30)20-43-12-13-46(5,6)7/h8-11,14,19,22-23,26H,12-13,15-18,20H2,1-7H3,(H,37,42)/t22-,23-,26-/m0/s1. The van der Waals surface area contributed by atoms with Crippen molar-refractivity contribution >= 4 is 55.7 Å². The fraction of sp³-hybridized carbons (Fsp3) is 0.545. The summed E-state index contributed by atoms with van der Waals surface area (Å²) < 4.78 is 35.9. The highest BCUT2D eigenvalue weighted by Crippen LogP contribution is 2.36. The van der Waals surface area contributed by atoms with E-state index in [0.29, 0.717) is 42.9 Å². The zero-order valence-electron chi connectivity index (χ0n) is 27.6. The molecule has 0 saturated carbocycles. The Morgan fingerprint density at radius 1 is 1.15 bits per heavy atom. The number of ether oxygens (including phenoxy) is 3. The van der Waals surface area contributed by atoms with E-state index in [-0.39, 0.29) is 24.1 Å². The smallest absolute Gasteiger partial charge is 0.408 e. The Morgan fingerprint density at radius 3 is 2.54 bits per heavy atom. The number of benzene rings is 1. The summed E-state index contributed by atoms with van der Waals surface area (Å²) in [5.74, 6) is 0.785. The summed E-state index contributed by atoms with van der Waals surface area (Å²) in [4.78, 5) is 35.1. The number of likely N-dealkylation sites (N-methyl/N-ethyl adjacent to an activating group) is 1. The molecule has 2 aromatic heterocycles. The molecule has 10 nitrogen and oxygen atoms in total. The molecule has 2 amide bonds. The maximum Gasteiger partial charge on any atom is 0.408 e. The van der Waals surface area contributed by atoms with E-state index in [4.69, 9.17) is 14.2 Å². The van der Waals surface area contributed by atoms with Gasteiger partial charge in [0.15, 0.2) is 11.6 Å². The molecule has 5 rings (SSSR count). The summed E-state index contributed by atoms with van der Waals surface area (Å²) in [7, 11) is 1.42. The number of amides is 2. The number of pyridine rings is 1. The number of nitrogens with zero attached hydrogens (tertiary/aromatic N) is 4. The molecular formula is C33H45FIN5O5S. The molecule has 3 aromatic rings. The molecule has 13 heteroatoms. The Hall–Kier alpha value is -2.62. The second kappa shape index (κ2) is 13.9. The van der Waals surface area contributed by atoms with Gasteiger partial charge in [-0.05, 0) is 99.4 Å². The fourth-order valence-electron chi connectivity index (χ4n) is 5.89. The van der Waals surface area contributed by atoms with Crippen LogP contribution in [0.3, 0.4) is 0 Å². The monoisotopic (exact) mass is 769 g/mol. The summed E-state index contributed by atoms with van der Waals surface area (Å²) in [6, 6.07) is 5.86. The van der Waals surface area contributed by atoms with Crippen LogP contribution >= 0.6 is 32.6 Å². The Balaban J connectivity index is 1.31. The number of nitrogens with one attached hydrogen (secondary N) is 1. The first-order chi connectivity index (χ1) is 21.6. The second-order valence-electron chi connectivity index (χ2n) is 14.0. The van der Waals surface area contributed by atoms with Crippen LogP contribution in [-0.4, -0.2) is 106 Å². The van der Waals surface area contributed by atoms with Crippen LogP contribution < -0.4 is 10.1 Å². The van der Waals surface area contributed by atoms with Gasteiger partial charge in [0.25, 0.3) is 0 Å². The minimum absolute atomic E-state index is 0.0482. The zero-order valence-corrected chi connectivity index (χ0v) is 30.6. The zero-order chi connectivity index (χ0) is 33.4. The summed E-state index contributed by atoms with van der Waals surface area (Å²) in [5, 5.41) is 3.53. The average molecular weight is 770 g/mol. The molecular weight excluding hydrogens is 724 g/mol. The number of hydrogen-bond donors (Lipinski definition) is 1. The molecule has 2 aliphatic rings. The van der Waals surface area contributed by atoms with Crippen LogP contribution in [0.15, 0.2) is 36.7 Å². The van der Waals surface area contributed by atoms with Crippen LogP contribution in [0.5, 0.6) is 11.5 Å². The molecule has 4 heterocycles. The summed E-state index contributed by atoms with van der Waals surface area (Å²) >= 11 is 2.23. The quantitative estimate of drug-likeness (QED) is 0.201. The molecule has 46 heavy (non-hydrogen) atoms. The van der Waals surface area contributed by atoms with Gasteiger partial charge < -0.3 is 29.0 Å². The van der Waals surface area contributed by atoms with Crippen LogP contribution in [0.1, 0.15) is 32.8 Å². The van der Waals surface area contributed by atoms with E-state index in [1.54, 1.807) is 45.2 Å². The number of halogens is 2. The van der Waals surface area contributed by atoms with Crippen LogP contribution in [0.4, 0.5) is 9.18 Å². The van der Waals surface area contributed by atoms with E-state index in [2.05, 4.69) is 63.6 Å². The molecule has 2 saturated heterocycles. The van der Waals surface area contributed by atoms with Crippen LogP contribution in [0.25, 0.3) is 11.0 Å². The average Bonchev–Trinajstić information content (AvgIpc) is 3.63. The highest BCUT2D eigenvalue weighted by Gasteiger charge is 2.45. The van der Waals surface area contributed by atoms with Crippen molar-refractivity contribution in [3.63, 3.8) is 0 Å². The van der Waals surface area contributed by atoms with Gasteiger partial charge in [-0.25, -0.2) is 24.2 Å². The van der Waals surface area contributed by atoms with Gasteiger partial charge in [0.2, 0.25) is 5.91 Å². The minimum Gasteiger partial charge on any atom is -0.453 e. The lowest BCUT2D eigenvalue weighted by Crippen LogP contribution is -2.55. The largest absolute Gasteiger partial charge is 0.453 e. The summed E-state index contributed by atoms with van der Waals surface area (Å²) in [6.07, 6.45) is 10.7. The van der Waals surface area contributed by atoms with Gasteiger partial charge in [0.1, 0.15) is 29.8 Å². The SMILES string of the molecule is CN1C[C@@H]2C[C@H]1CN2C(=O)[C@H](Cc1ccc(Oc2ccnc3c2c(I)cn3COCCS(C)(C)C)c(F)c1)NC(=O)OC(C)(C)C. The lowest BCUT2D eigenvalue weighted by Gasteiger charge is -2.34. The number of hydrogen-bond acceptors (Lipinski definition) is 7. The number of fused-ring (bicyclic) bond motifs is 3. The molecule has 1 N–H and O–H groups in total. The van der Waals surface area contributed by atoms with Crippen molar-refractivity contribution in [3.05, 3.63) is 51.6 Å². The first kappa shape index (κ1) is 34.7. The molecule has 1 aromatic carbocycles. The molecule has 2 fully saturated rings. The Morgan fingerprint density at radius 2 is 1.91 bits per heavy atom. The molecule has 0 aliphatic carbocycles. The van der Waals surface area contributed by atoms with Gasteiger partial charge in [-0.15, -0.1) is 0 Å². The van der Waals surface area contributed by atoms with Crippen molar-refractivity contribution in [2.75, 3.05) is 51.3 Å². The molecule has 0 spiro atoms. The third-order valence-corrected chi connectivity index (χ3v) is 10.4. The van der Waals surface area contributed by atoms with E-state index in [9.17, 15) is 9.59 Å². The number of piperazine rings is 1. The van der Waals surface area contributed by atoms with E-state index < -0.39 is 33.6 Å². The molecule has 2 bridgehead atoms. The van der Waals surface area contributed by atoms with E-state index in [0.717, 1.165) is 27.7 Å². The summed E-state index contributed by atoms with van der Waals surface area (Å²) in [5.41, 5.74) is 0.518. The van der Waals surface area contributed by atoms with Gasteiger partial charge in [-0.3, -0.25) is 9.69 Å². The minimum atomic E-state index is -0.904. The van der Waals surface area contributed by atoms with E-state index in [1.807, 2.05) is 15.7 Å². The van der Waals surface area contributed by atoms with Crippen molar-refractivity contribution in [2.24, 2.45) is 0 Å². The topological polar surface area (TPSA) is 98.2 Å². The van der Waals surface area contributed by atoms with Crippen molar-refractivity contribution in [2.45, 2.75) is 64.1 Å². The van der Waals surface area contributed by atoms with Gasteiger partial charge in [-0.2, -0.15) is 0 Å². The van der Waals surface area contributed by atoms with Crippen molar-refractivity contribution in [1.82, 2.24) is 24.7 Å². The van der Waals surface area contributed by atoms with Crippen LogP contribution in [0, 0.1) is 9.39 Å². The lowest BCUT2D eigenvalue weighted by atomic mass is 10.0. The number of aromatic nitrogens is 2. The van der Waals surface area contributed by atoms with Crippen LogP contribution in [0.2, 0.25) is 0 Å². The Bertz CT molecular complexity index is 1590. The molecule has 0 unspecified atom stereocenters. The highest BCUT2D eigenvalue weighted by atomic mass is 127. The first-order valence-electron chi connectivity index (χ1n) is 15.4.